The van der Waals surface area contributed by atoms with Crippen LogP contribution in [0.25, 0.3) is 5.65 Å². The van der Waals surface area contributed by atoms with E-state index in [1.54, 1.807) is 18.3 Å². The van der Waals surface area contributed by atoms with Crippen LogP contribution in [0.5, 0.6) is 0 Å². The Morgan fingerprint density at radius 3 is 2.32 bits per heavy atom. The number of imidazole rings is 1. The van der Waals surface area contributed by atoms with Crippen molar-refractivity contribution in [3.8, 4) is 0 Å². The van der Waals surface area contributed by atoms with E-state index in [9.17, 15) is 17.6 Å². The van der Waals surface area contributed by atoms with Crippen LogP contribution in [0, 0.1) is 5.82 Å². The number of piperazine rings is 1. The minimum Gasteiger partial charge on any atom is -0.369 e. The van der Waals surface area contributed by atoms with E-state index in [0.717, 1.165) is 44.1 Å². The zero-order valence-corrected chi connectivity index (χ0v) is 15.5. The van der Waals surface area contributed by atoms with E-state index in [1.165, 1.54) is 16.5 Å². The monoisotopic (exact) mass is 412 g/mol. The van der Waals surface area contributed by atoms with Crippen LogP contribution in [0.4, 0.5) is 23.2 Å². The molecule has 0 unspecified atom stereocenters. The Kier molecular flexibility index (Phi) is 4.93. The van der Waals surface area contributed by atoms with Crippen molar-refractivity contribution >= 4 is 22.9 Å². The Labute approximate surface area is 163 Å². The van der Waals surface area contributed by atoms with Gasteiger partial charge < -0.3 is 9.30 Å². The summed E-state index contributed by atoms with van der Waals surface area (Å²) in [4.78, 5) is 8.74. The number of hydrogen-bond acceptors (Lipinski definition) is 3. The van der Waals surface area contributed by atoms with Crippen molar-refractivity contribution in [2.45, 2.75) is 12.7 Å². The number of pyridine rings is 1. The minimum atomic E-state index is -4.46. The van der Waals surface area contributed by atoms with E-state index in [4.69, 9.17) is 11.6 Å². The zero-order valence-electron chi connectivity index (χ0n) is 14.8. The summed E-state index contributed by atoms with van der Waals surface area (Å²) in [5.41, 5.74) is 1.15. The normalized spacial score (nSPS) is 16.1. The first-order chi connectivity index (χ1) is 13.3. The molecule has 1 aliphatic rings. The highest BCUT2D eigenvalue weighted by molar-refractivity contribution is 6.33. The molecule has 0 radical (unpaired) electrons. The lowest BCUT2D eigenvalue weighted by Crippen LogP contribution is -2.46. The fourth-order valence-electron chi connectivity index (χ4n) is 3.38. The number of hydrogen-bond donors (Lipinski definition) is 0. The van der Waals surface area contributed by atoms with Crippen molar-refractivity contribution in [2.75, 3.05) is 31.1 Å². The molecular formula is C19H17ClF4N4. The molecule has 1 aliphatic heterocycles. The van der Waals surface area contributed by atoms with Gasteiger partial charge in [0.1, 0.15) is 5.82 Å². The molecule has 0 N–H and O–H groups in total. The van der Waals surface area contributed by atoms with Crippen LogP contribution in [0.3, 0.4) is 0 Å². The highest BCUT2D eigenvalue weighted by Crippen LogP contribution is 2.32. The lowest BCUT2D eigenvalue weighted by atomic mass is 10.2. The number of nitrogens with zero attached hydrogens (tertiary/aromatic N) is 4. The van der Waals surface area contributed by atoms with Gasteiger partial charge in [0, 0.05) is 50.8 Å². The topological polar surface area (TPSA) is 23.8 Å². The Hall–Kier alpha value is -2.32. The van der Waals surface area contributed by atoms with Crippen LogP contribution in [0.15, 0.2) is 42.7 Å². The molecule has 0 bridgehead atoms. The number of halogens is 5. The molecule has 1 saturated heterocycles. The molecule has 0 saturated carbocycles. The van der Waals surface area contributed by atoms with Gasteiger partial charge in [-0.05, 0) is 30.3 Å². The highest BCUT2D eigenvalue weighted by atomic mass is 35.5. The second kappa shape index (κ2) is 7.25. The quantitative estimate of drug-likeness (QED) is 0.593. The molecule has 3 heterocycles. The summed E-state index contributed by atoms with van der Waals surface area (Å²) in [5, 5.41) is -0.0257. The van der Waals surface area contributed by atoms with Crippen LogP contribution in [0.1, 0.15) is 11.3 Å². The maximum Gasteiger partial charge on any atom is 0.417 e. The fraction of sp³-hybridized carbons (Fsp3) is 0.316. The zero-order chi connectivity index (χ0) is 19.9. The molecule has 0 spiro atoms. The van der Waals surface area contributed by atoms with Crippen molar-refractivity contribution in [3.63, 3.8) is 0 Å². The molecule has 4 nitrogen and oxygen atoms in total. The highest BCUT2D eigenvalue weighted by Gasteiger charge is 2.32. The van der Waals surface area contributed by atoms with Crippen molar-refractivity contribution in [1.29, 1.82) is 0 Å². The van der Waals surface area contributed by atoms with E-state index in [1.807, 2.05) is 0 Å². The number of fused-ring (bicyclic) bond motifs is 1. The van der Waals surface area contributed by atoms with E-state index in [-0.39, 0.29) is 10.8 Å². The summed E-state index contributed by atoms with van der Waals surface area (Å²) in [7, 11) is 0. The SMILES string of the molecule is Fc1ccc(N2CCN(Cc3cn4cc(C(F)(F)F)cc(Cl)c4n3)CC2)cc1. The van der Waals surface area contributed by atoms with Gasteiger partial charge in [-0.3, -0.25) is 4.90 Å². The maximum atomic E-state index is 13.1. The average Bonchev–Trinajstić information content (AvgIpc) is 3.05. The van der Waals surface area contributed by atoms with Gasteiger partial charge in [0.25, 0.3) is 0 Å². The van der Waals surface area contributed by atoms with Gasteiger partial charge in [0.05, 0.1) is 16.3 Å². The molecule has 148 valence electrons. The van der Waals surface area contributed by atoms with Crippen LogP contribution < -0.4 is 4.90 Å². The molecule has 28 heavy (non-hydrogen) atoms. The van der Waals surface area contributed by atoms with Gasteiger partial charge >= 0.3 is 6.18 Å². The molecular weight excluding hydrogens is 396 g/mol. The van der Waals surface area contributed by atoms with Gasteiger partial charge in [0.15, 0.2) is 5.65 Å². The first kappa shape index (κ1) is 19.0. The van der Waals surface area contributed by atoms with Gasteiger partial charge in [-0.1, -0.05) is 11.6 Å². The number of benzene rings is 1. The summed E-state index contributed by atoms with van der Waals surface area (Å²) in [5.74, 6) is -0.262. The summed E-state index contributed by atoms with van der Waals surface area (Å²) in [6, 6.07) is 7.30. The third kappa shape index (κ3) is 3.93. The molecule has 0 atom stereocenters. The molecule has 2 aromatic heterocycles. The van der Waals surface area contributed by atoms with Gasteiger partial charge in [-0.15, -0.1) is 0 Å². The molecule has 0 aliphatic carbocycles. The minimum absolute atomic E-state index is 0.0257. The smallest absolute Gasteiger partial charge is 0.369 e. The van der Waals surface area contributed by atoms with Gasteiger partial charge in [-0.2, -0.15) is 13.2 Å². The summed E-state index contributed by atoms with van der Waals surface area (Å²) >= 11 is 5.99. The lowest BCUT2D eigenvalue weighted by molar-refractivity contribution is -0.137. The van der Waals surface area contributed by atoms with E-state index in [0.29, 0.717) is 17.9 Å². The van der Waals surface area contributed by atoms with Crippen LogP contribution in [-0.4, -0.2) is 40.5 Å². The number of anilines is 1. The molecule has 0 amide bonds. The standard InChI is InChI=1S/C19H17ClF4N4/c20-17-9-13(19(22,23)24)10-28-12-15(25-18(17)28)11-26-5-7-27(8-6-26)16-3-1-14(21)2-4-16/h1-4,9-10,12H,5-8,11H2. The third-order valence-corrected chi connectivity index (χ3v) is 5.11. The number of alkyl halides is 3. The van der Waals surface area contributed by atoms with E-state index < -0.39 is 11.7 Å². The lowest BCUT2D eigenvalue weighted by Gasteiger charge is -2.35. The number of rotatable bonds is 3. The third-order valence-electron chi connectivity index (χ3n) is 4.83. The second-order valence-electron chi connectivity index (χ2n) is 6.78. The molecule has 3 aromatic rings. The van der Waals surface area contributed by atoms with Crippen molar-refractivity contribution in [3.05, 3.63) is 64.8 Å². The Bertz CT molecular complexity index is 976. The summed E-state index contributed by atoms with van der Waals surface area (Å²) < 4.78 is 53.2. The van der Waals surface area contributed by atoms with Gasteiger partial charge in [-0.25, -0.2) is 9.37 Å². The van der Waals surface area contributed by atoms with Gasteiger partial charge in [0.2, 0.25) is 0 Å². The molecule has 4 rings (SSSR count). The Morgan fingerprint density at radius 2 is 1.68 bits per heavy atom. The number of aromatic nitrogens is 2. The average molecular weight is 413 g/mol. The van der Waals surface area contributed by atoms with Crippen molar-refractivity contribution < 1.29 is 17.6 Å². The summed E-state index contributed by atoms with van der Waals surface area (Å²) in [6.07, 6.45) is -1.87. The first-order valence-electron chi connectivity index (χ1n) is 8.77. The summed E-state index contributed by atoms with van der Waals surface area (Å²) in [6.45, 7) is 3.62. The predicted molar refractivity (Wildman–Crippen MR) is 99.1 cm³/mol. The van der Waals surface area contributed by atoms with Crippen molar-refractivity contribution in [2.24, 2.45) is 0 Å². The maximum absolute atomic E-state index is 13.1. The Morgan fingerprint density at radius 1 is 1.00 bits per heavy atom. The Balaban J connectivity index is 1.44. The first-order valence-corrected chi connectivity index (χ1v) is 9.14. The van der Waals surface area contributed by atoms with E-state index >= 15 is 0 Å². The van der Waals surface area contributed by atoms with E-state index in [2.05, 4.69) is 14.8 Å². The van der Waals surface area contributed by atoms with Crippen LogP contribution in [0.2, 0.25) is 5.02 Å². The molecule has 1 fully saturated rings. The van der Waals surface area contributed by atoms with Crippen LogP contribution in [-0.2, 0) is 12.7 Å². The molecule has 9 heteroatoms. The van der Waals surface area contributed by atoms with Crippen molar-refractivity contribution in [1.82, 2.24) is 14.3 Å². The molecule has 1 aromatic carbocycles. The largest absolute Gasteiger partial charge is 0.417 e. The predicted octanol–water partition coefficient (Wildman–Crippen LogP) is 4.47. The second-order valence-corrected chi connectivity index (χ2v) is 7.18. The van der Waals surface area contributed by atoms with Crippen LogP contribution >= 0.6 is 11.6 Å². The fourth-order valence-corrected chi connectivity index (χ4v) is 3.64.